The lowest BCUT2D eigenvalue weighted by Gasteiger charge is -2.11. The van der Waals surface area contributed by atoms with Gasteiger partial charge in [0.15, 0.2) is 0 Å². The molecule has 1 N–H and O–H groups in total. The number of ether oxygens (including phenoxy) is 2. The first-order valence-electron chi connectivity index (χ1n) is 5.24. The molecule has 5 heteroatoms. The van der Waals surface area contributed by atoms with E-state index in [9.17, 15) is 9.59 Å². The van der Waals surface area contributed by atoms with Gasteiger partial charge < -0.3 is 14.8 Å². The molecule has 0 aromatic rings. The zero-order chi connectivity index (χ0) is 12.6. The fourth-order valence-electron chi connectivity index (χ4n) is 0.728. The van der Waals surface area contributed by atoms with Gasteiger partial charge in [0.1, 0.15) is 12.7 Å². The van der Waals surface area contributed by atoms with Crippen LogP contribution >= 0.6 is 0 Å². The quantitative estimate of drug-likeness (QED) is 0.430. The number of esters is 1. The third kappa shape index (κ3) is 6.86. The molecule has 0 aliphatic carbocycles. The van der Waals surface area contributed by atoms with Crippen molar-refractivity contribution >= 4 is 12.1 Å². The molecule has 1 amide bonds. The van der Waals surface area contributed by atoms with Crippen molar-refractivity contribution in [1.82, 2.24) is 5.32 Å². The Morgan fingerprint density at radius 2 is 2.12 bits per heavy atom. The summed E-state index contributed by atoms with van der Waals surface area (Å²) in [6, 6.07) is 0. The smallest absolute Gasteiger partial charge is 0.407 e. The lowest BCUT2D eigenvalue weighted by Crippen LogP contribution is -2.31. The Hall–Kier alpha value is -1.52. The second-order valence-electron chi connectivity index (χ2n) is 3.47. The molecule has 0 fully saturated rings. The lowest BCUT2D eigenvalue weighted by molar-refractivity contribution is -0.138. The van der Waals surface area contributed by atoms with Gasteiger partial charge in [0.05, 0.1) is 6.54 Å². The third-order valence-electron chi connectivity index (χ3n) is 1.84. The van der Waals surface area contributed by atoms with Gasteiger partial charge in [-0.1, -0.05) is 13.5 Å². The average molecular weight is 231 g/mol. The molecular formula is C11H21NO4. The summed E-state index contributed by atoms with van der Waals surface area (Å²) in [5, 5.41) is 2.47. The Kier molecular flexibility index (Phi) is 7.00. The summed E-state index contributed by atoms with van der Waals surface area (Å²) in [5.41, 5.74) is 0.335. The molecule has 94 valence electrons. The summed E-state index contributed by atoms with van der Waals surface area (Å²) in [4.78, 5) is 22.0. The number of nitrogens with one attached hydrogen (secondary N) is 1. The second-order valence-corrected chi connectivity index (χ2v) is 3.47. The number of rotatable bonds is 6. The number of amides is 1. The maximum Gasteiger partial charge on any atom is 0.407 e. The SMILES string of the molecule is C=C(C)C(=O)OCCNC(=O)OC(C)CC.[HH]. The van der Waals surface area contributed by atoms with E-state index in [0.717, 1.165) is 6.42 Å². The van der Waals surface area contributed by atoms with Crippen molar-refractivity contribution < 1.29 is 20.5 Å². The van der Waals surface area contributed by atoms with Crippen LogP contribution in [0.4, 0.5) is 4.79 Å². The molecule has 0 saturated heterocycles. The van der Waals surface area contributed by atoms with Gasteiger partial charge >= 0.3 is 12.1 Å². The highest BCUT2D eigenvalue weighted by Crippen LogP contribution is 1.95. The van der Waals surface area contributed by atoms with E-state index in [4.69, 9.17) is 9.47 Å². The van der Waals surface area contributed by atoms with E-state index in [1.165, 1.54) is 0 Å². The number of hydrogen-bond donors (Lipinski definition) is 1. The molecule has 5 nitrogen and oxygen atoms in total. The van der Waals surface area contributed by atoms with Gasteiger partial charge in [-0.15, -0.1) is 0 Å². The average Bonchev–Trinajstić information content (AvgIpc) is 2.23. The van der Waals surface area contributed by atoms with Crippen LogP contribution in [0.15, 0.2) is 12.2 Å². The van der Waals surface area contributed by atoms with E-state index in [0.29, 0.717) is 5.57 Å². The van der Waals surface area contributed by atoms with Gasteiger partial charge in [-0.3, -0.25) is 0 Å². The number of carbonyl (C=O) groups excluding carboxylic acids is 2. The molecular weight excluding hydrogens is 210 g/mol. The van der Waals surface area contributed by atoms with Crippen LogP contribution in [-0.4, -0.2) is 31.3 Å². The van der Waals surface area contributed by atoms with Crippen LogP contribution in [0.25, 0.3) is 0 Å². The molecule has 1 unspecified atom stereocenters. The van der Waals surface area contributed by atoms with Crippen molar-refractivity contribution in [3.8, 4) is 0 Å². The largest absolute Gasteiger partial charge is 0.460 e. The first kappa shape index (κ1) is 14.5. The van der Waals surface area contributed by atoms with Gasteiger partial charge in [0, 0.05) is 7.00 Å². The predicted octanol–water partition coefficient (Wildman–Crippen LogP) is 1.88. The molecule has 0 spiro atoms. The van der Waals surface area contributed by atoms with Crippen LogP contribution in [0.1, 0.15) is 28.6 Å². The number of carbonyl (C=O) groups is 2. The first-order valence-corrected chi connectivity index (χ1v) is 5.24. The van der Waals surface area contributed by atoms with E-state index in [1.807, 2.05) is 6.92 Å². The van der Waals surface area contributed by atoms with Gasteiger partial charge in [-0.2, -0.15) is 0 Å². The van der Waals surface area contributed by atoms with E-state index in [-0.39, 0.29) is 20.7 Å². The summed E-state index contributed by atoms with van der Waals surface area (Å²) in [5.74, 6) is -0.461. The van der Waals surface area contributed by atoms with Gasteiger partial charge in [0.2, 0.25) is 0 Å². The first-order chi connectivity index (χ1) is 7.47. The summed E-state index contributed by atoms with van der Waals surface area (Å²) >= 11 is 0. The van der Waals surface area contributed by atoms with E-state index >= 15 is 0 Å². The summed E-state index contributed by atoms with van der Waals surface area (Å²) in [6.07, 6.45) is 0.150. The molecule has 0 radical (unpaired) electrons. The Morgan fingerprint density at radius 1 is 1.50 bits per heavy atom. The highest BCUT2D eigenvalue weighted by Gasteiger charge is 2.07. The van der Waals surface area contributed by atoms with Crippen LogP contribution in [0.2, 0.25) is 0 Å². The molecule has 1 atom stereocenters. The van der Waals surface area contributed by atoms with Crippen molar-refractivity contribution in [3.63, 3.8) is 0 Å². The number of alkyl carbamates (subject to hydrolysis) is 1. The Labute approximate surface area is 97.3 Å². The van der Waals surface area contributed by atoms with E-state index in [2.05, 4.69) is 11.9 Å². The minimum atomic E-state index is -0.499. The lowest BCUT2D eigenvalue weighted by atomic mass is 10.3. The van der Waals surface area contributed by atoms with Crippen molar-refractivity contribution in [3.05, 3.63) is 12.2 Å². The predicted molar refractivity (Wildman–Crippen MR) is 62.1 cm³/mol. The zero-order valence-electron chi connectivity index (χ0n) is 10.0. The molecule has 0 bridgehead atoms. The fraction of sp³-hybridized carbons (Fsp3) is 0.636. The van der Waals surface area contributed by atoms with Gasteiger partial charge in [-0.05, 0) is 20.3 Å². The Balaban J connectivity index is 0. The van der Waals surface area contributed by atoms with Crippen molar-refractivity contribution in [2.45, 2.75) is 33.3 Å². The molecule has 0 saturated carbocycles. The van der Waals surface area contributed by atoms with Crippen molar-refractivity contribution in [2.24, 2.45) is 0 Å². The van der Waals surface area contributed by atoms with Crippen LogP contribution in [0, 0.1) is 0 Å². The maximum absolute atomic E-state index is 11.1. The van der Waals surface area contributed by atoms with Crippen LogP contribution < -0.4 is 5.32 Å². The standard InChI is InChI=1S/C11H19NO4.H2/c1-5-9(4)16-11(14)12-6-7-15-10(13)8(2)3;/h9H,2,5-7H2,1,3-4H3,(H,12,14);1H. The molecule has 16 heavy (non-hydrogen) atoms. The van der Waals surface area contributed by atoms with Crippen LogP contribution in [0.3, 0.4) is 0 Å². The molecule has 0 aromatic carbocycles. The normalized spacial score (nSPS) is 11.4. The minimum Gasteiger partial charge on any atom is -0.460 e. The maximum atomic E-state index is 11.1. The highest BCUT2D eigenvalue weighted by atomic mass is 16.6. The fourth-order valence-corrected chi connectivity index (χ4v) is 0.728. The summed E-state index contributed by atoms with van der Waals surface area (Å²) in [6.45, 7) is 9.07. The topological polar surface area (TPSA) is 64.6 Å². The molecule has 0 aliphatic heterocycles. The molecule has 0 rings (SSSR count). The van der Waals surface area contributed by atoms with Crippen molar-refractivity contribution in [1.29, 1.82) is 0 Å². The van der Waals surface area contributed by atoms with E-state index < -0.39 is 12.1 Å². The summed E-state index contributed by atoms with van der Waals surface area (Å²) in [7, 11) is 0. The minimum absolute atomic E-state index is 0. The number of hydrogen-bond acceptors (Lipinski definition) is 4. The molecule has 0 aliphatic rings. The van der Waals surface area contributed by atoms with Gasteiger partial charge in [0.25, 0.3) is 0 Å². The second kappa shape index (κ2) is 7.73. The van der Waals surface area contributed by atoms with Gasteiger partial charge in [-0.25, -0.2) is 9.59 Å². The van der Waals surface area contributed by atoms with Crippen LogP contribution in [0.5, 0.6) is 0 Å². The third-order valence-corrected chi connectivity index (χ3v) is 1.84. The molecule has 0 heterocycles. The zero-order valence-corrected chi connectivity index (χ0v) is 10.0. The summed E-state index contributed by atoms with van der Waals surface area (Å²) < 4.78 is 9.72. The Bertz CT molecular complexity index is 268. The van der Waals surface area contributed by atoms with Crippen LogP contribution in [-0.2, 0) is 14.3 Å². The van der Waals surface area contributed by atoms with Crippen molar-refractivity contribution in [2.75, 3.05) is 13.2 Å². The highest BCUT2D eigenvalue weighted by molar-refractivity contribution is 5.86. The monoisotopic (exact) mass is 231 g/mol. The molecule has 0 aromatic heterocycles. The van der Waals surface area contributed by atoms with E-state index in [1.54, 1.807) is 13.8 Å². The Morgan fingerprint density at radius 3 is 2.62 bits per heavy atom.